The van der Waals surface area contributed by atoms with Crippen molar-refractivity contribution < 1.29 is 0 Å². The van der Waals surface area contributed by atoms with Gasteiger partial charge in [0.1, 0.15) is 0 Å². The van der Waals surface area contributed by atoms with E-state index in [0.29, 0.717) is 0 Å². The Labute approximate surface area is 133 Å². The minimum absolute atomic E-state index is 1.17. The van der Waals surface area contributed by atoms with E-state index in [-0.39, 0.29) is 0 Å². The monoisotopic (exact) mass is 288 g/mol. The van der Waals surface area contributed by atoms with Crippen LogP contribution < -0.4 is 0 Å². The maximum Gasteiger partial charge on any atom is -0.00131 e. The Morgan fingerprint density at radius 3 is 2.14 bits per heavy atom. The molecule has 0 aliphatic heterocycles. The molecule has 3 aliphatic rings. The van der Waals surface area contributed by atoms with Crippen LogP contribution in [-0.2, 0) is 32.1 Å². The van der Waals surface area contributed by atoms with Crippen LogP contribution in [0, 0.1) is 6.92 Å². The minimum Gasteiger partial charge on any atom is -0.0584 e. The van der Waals surface area contributed by atoms with Gasteiger partial charge in [-0.2, -0.15) is 0 Å². The average molecular weight is 288 g/mol. The van der Waals surface area contributed by atoms with E-state index in [1.165, 1.54) is 57.8 Å². The molecule has 0 atom stereocenters. The molecule has 0 amide bonds. The van der Waals surface area contributed by atoms with E-state index < -0.39 is 0 Å². The van der Waals surface area contributed by atoms with Crippen molar-refractivity contribution in [3.05, 3.63) is 57.1 Å². The molecule has 0 fully saturated rings. The summed E-state index contributed by atoms with van der Waals surface area (Å²) in [6.07, 6.45) is 11.9. The van der Waals surface area contributed by atoms with Gasteiger partial charge < -0.3 is 0 Å². The molecule has 0 N–H and O–H groups in total. The van der Waals surface area contributed by atoms with E-state index >= 15 is 0 Å². The topological polar surface area (TPSA) is 0 Å². The summed E-state index contributed by atoms with van der Waals surface area (Å²) in [5.41, 5.74) is 14.9. The molecular formula is C22H24. The second kappa shape index (κ2) is 4.72. The Bertz CT molecular complexity index is 779. The molecule has 0 heterocycles. The predicted molar refractivity (Wildman–Crippen MR) is 92.7 cm³/mol. The first kappa shape index (κ1) is 12.9. The Morgan fingerprint density at radius 1 is 0.636 bits per heavy atom. The Kier molecular flexibility index (Phi) is 2.77. The zero-order valence-electron chi connectivity index (χ0n) is 13.6. The molecule has 5 rings (SSSR count). The molecule has 0 heteroatoms. The Morgan fingerprint density at radius 2 is 1.27 bits per heavy atom. The van der Waals surface area contributed by atoms with Gasteiger partial charge >= 0.3 is 0 Å². The van der Waals surface area contributed by atoms with Crippen LogP contribution in [0.25, 0.3) is 11.1 Å². The second-order valence-corrected chi connectivity index (χ2v) is 7.51. The molecule has 112 valence electrons. The third-order valence-corrected chi connectivity index (χ3v) is 6.21. The Balaban J connectivity index is 1.82. The van der Waals surface area contributed by atoms with Crippen LogP contribution in [0.1, 0.15) is 64.6 Å². The van der Waals surface area contributed by atoms with Crippen LogP contribution in [0.4, 0.5) is 0 Å². The summed E-state index contributed by atoms with van der Waals surface area (Å²) >= 11 is 0. The van der Waals surface area contributed by atoms with Gasteiger partial charge in [0, 0.05) is 0 Å². The van der Waals surface area contributed by atoms with E-state index in [0.717, 1.165) is 0 Å². The molecule has 0 bridgehead atoms. The highest BCUT2D eigenvalue weighted by molar-refractivity contribution is 5.84. The van der Waals surface area contributed by atoms with Crippen molar-refractivity contribution in [2.24, 2.45) is 0 Å². The molecule has 3 aliphatic carbocycles. The van der Waals surface area contributed by atoms with Gasteiger partial charge in [-0.3, -0.25) is 0 Å². The predicted octanol–water partition coefficient (Wildman–Crippen LogP) is 5.32. The summed E-state index contributed by atoms with van der Waals surface area (Å²) in [5, 5.41) is 0. The van der Waals surface area contributed by atoms with E-state index in [2.05, 4.69) is 25.1 Å². The highest BCUT2D eigenvalue weighted by atomic mass is 14.3. The molecule has 0 unspecified atom stereocenters. The highest BCUT2D eigenvalue weighted by Crippen LogP contribution is 2.47. The molecular weight excluding hydrogens is 264 g/mol. The largest absolute Gasteiger partial charge is 0.0584 e. The maximum atomic E-state index is 2.51. The summed E-state index contributed by atoms with van der Waals surface area (Å²) in [4.78, 5) is 0. The molecule has 22 heavy (non-hydrogen) atoms. The van der Waals surface area contributed by atoms with Gasteiger partial charge in [-0.25, -0.2) is 0 Å². The fraction of sp³-hybridized carbons (Fsp3) is 0.455. The van der Waals surface area contributed by atoms with Crippen LogP contribution in [0.5, 0.6) is 0 Å². The molecule has 0 aromatic heterocycles. The van der Waals surface area contributed by atoms with Gasteiger partial charge in [0.2, 0.25) is 0 Å². The van der Waals surface area contributed by atoms with Crippen LogP contribution in [0.15, 0.2) is 18.2 Å². The summed E-state index contributed by atoms with van der Waals surface area (Å²) in [5.74, 6) is 0. The highest BCUT2D eigenvalue weighted by Gasteiger charge is 2.29. The lowest BCUT2D eigenvalue weighted by Crippen LogP contribution is -2.09. The summed E-state index contributed by atoms with van der Waals surface area (Å²) in [6, 6.07) is 7.37. The molecule has 0 radical (unpaired) electrons. The van der Waals surface area contributed by atoms with Crippen molar-refractivity contribution in [2.45, 2.75) is 64.7 Å². The van der Waals surface area contributed by atoms with Crippen LogP contribution in [0.2, 0.25) is 0 Å². The fourth-order valence-electron chi connectivity index (χ4n) is 5.22. The van der Waals surface area contributed by atoms with Crippen molar-refractivity contribution in [3.63, 3.8) is 0 Å². The van der Waals surface area contributed by atoms with E-state index in [1.807, 2.05) is 0 Å². The normalized spacial score (nSPS) is 18.4. The van der Waals surface area contributed by atoms with E-state index in [9.17, 15) is 0 Å². The lowest BCUT2D eigenvalue weighted by molar-refractivity contribution is 0.679. The van der Waals surface area contributed by atoms with E-state index in [1.54, 1.807) is 50.1 Å². The summed E-state index contributed by atoms with van der Waals surface area (Å²) < 4.78 is 0. The van der Waals surface area contributed by atoms with Gasteiger partial charge in [-0.15, -0.1) is 0 Å². The SMILES string of the molecule is Cc1cc2c(c3c1CCCC3)-c1c(ccc3c1CCCC3)C2. The van der Waals surface area contributed by atoms with Gasteiger partial charge in [0.25, 0.3) is 0 Å². The number of rotatable bonds is 0. The lowest BCUT2D eigenvalue weighted by atomic mass is 9.80. The van der Waals surface area contributed by atoms with Crippen molar-refractivity contribution in [3.8, 4) is 11.1 Å². The zero-order valence-corrected chi connectivity index (χ0v) is 13.6. The first-order valence-electron chi connectivity index (χ1n) is 9.11. The first-order valence-corrected chi connectivity index (χ1v) is 9.11. The quantitative estimate of drug-likeness (QED) is 0.525. The van der Waals surface area contributed by atoms with Crippen molar-refractivity contribution in [2.75, 3.05) is 0 Å². The van der Waals surface area contributed by atoms with Gasteiger partial charge in [0.05, 0.1) is 0 Å². The third-order valence-electron chi connectivity index (χ3n) is 6.21. The number of hydrogen-bond donors (Lipinski definition) is 0. The number of hydrogen-bond acceptors (Lipinski definition) is 0. The lowest BCUT2D eigenvalue weighted by Gasteiger charge is -2.25. The van der Waals surface area contributed by atoms with Crippen LogP contribution in [-0.4, -0.2) is 0 Å². The standard InChI is InChI=1S/C22H24/c1-14-12-17-13-16-11-10-15-6-2-3-8-19(15)21(16)22(17)20-9-5-4-7-18(14)20/h10-12H,2-9,13H2,1H3. The smallest absolute Gasteiger partial charge is 0.00131 e. The number of aryl methyl sites for hydroxylation is 2. The number of fused-ring (bicyclic) bond motifs is 7. The molecule has 2 aromatic rings. The molecule has 0 spiro atoms. The van der Waals surface area contributed by atoms with Crippen LogP contribution >= 0.6 is 0 Å². The maximum absolute atomic E-state index is 2.51. The first-order chi connectivity index (χ1) is 10.8. The fourth-order valence-corrected chi connectivity index (χ4v) is 5.22. The van der Waals surface area contributed by atoms with Crippen molar-refractivity contribution >= 4 is 0 Å². The van der Waals surface area contributed by atoms with Gasteiger partial charge in [-0.1, -0.05) is 18.2 Å². The third kappa shape index (κ3) is 1.70. The van der Waals surface area contributed by atoms with Crippen molar-refractivity contribution in [1.82, 2.24) is 0 Å². The molecule has 0 saturated heterocycles. The summed E-state index contributed by atoms with van der Waals surface area (Å²) in [7, 11) is 0. The van der Waals surface area contributed by atoms with Gasteiger partial charge in [0.15, 0.2) is 0 Å². The molecule has 2 aromatic carbocycles. The van der Waals surface area contributed by atoms with Crippen molar-refractivity contribution in [1.29, 1.82) is 0 Å². The van der Waals surface area contributed by atoms with Crippen LogP contribution in [0.3, 0.4) is 0 Å². The minimum atomic E-state index is 1.17. The molecule has 0 saturated carbocycles. The van der Waals surface area contributed by atoms with E-state index in [4.69, 9.17) is 0 Å². The zero-order chi connectivity index (χ0) is 14.7. The molecule has 0 nitrogen and oxygen atoms in total. The number of benzene rings is 2. The second-order valence-electron chi connectivity index (χ2n) is 7.51. The Hall–Kier alpha value is -1.56. The summed E-state index contributed by atoms with van der Waals surface area (Å²) in [6.45, 7) is 2.34. The average Bonchev–Trinajstić information content (AvgIpc) is 2.94. The van der Waals surface area contributed by atoms with Gasteiger partial charge in [-0.05, 0) is 115 Å².